The smallest absolute Gasteiger partial charge is 0.119 e. The number of ether oxygens (including phenoxy) is 1. The molecule has 1 aromatic carbocycles. The van der Waals surface area contributed by atoms with Crippen molar-refractivity contribution in [2.45, 2.75) is 44.0 Å². The van der Waals surface area contributed by atoms with Crippen molar-refractivity contribution in [2.75, 3.05) is 12.9 Å². The fourth-order valence-corrected chi connectivity index (χ4v) is 3.52. The number of thioether (sulfide) groups is 1. The summed E-state index contributed by atoms with van der Waals surface area (Å²) < 4.78 is 5.45. The summed E-state index contributed by atoms with van der Waals surface area (Å²) in [5, 5.41) is 4.49. The molecule has 1 saturated carbocycles. The third-order valence-electron chi connectivity index (χ3n) is 3.56. The maximum absolute atomic E-state index is 5.45. The molecule has 0 amide bonds. The summed E-state index contributed by atoms with van der Waals surface area (Å²) in [5.41, 5.74) is 1.34. The van der Waals surface area contributed by atoms with Gasteiger partial charge in [-0.2, -0.15) is 11.8 Å². The van der Waals surface area contributed by atoms with E-state index in [-0.39, 0.29) is 0 Å². The lowest BCUT2D eigenvalue weighted by Gasteiger charge is -2.19. The summed E-state index contributed by atoms with van der Waals surface area (Å²) in [7, 11) is 0. The zero-order valence-electron chi connectivity index (χ0n) is 11.3. The predicted molar refractivity (Wildman–Crippen MR) is 79.4 cm³/mol. The van der Waals surface area contributed by atoms with E-state index in [4.69, 9.17) is 4.74 Å². The van der Waals surface area contributed by atoms with Gasteiger partial charge in [0.25, 0.3) is 0 Å². The Labute approximate surface area is 114 Å². The summed E-state index contributed by atoms with van der Waals surface area (Å²) in [5.74, 6) is 0.962. The molecule has 0 heterocycles. The van der Waals surface area contributed by atoms with Gasteiger partial charge >= 0.3 is 0 Å². The van der Waals surface area contributed by atoms with Gasteiger partial charge in [0.15, 0.2) is 0 Å². The minimum Gasteiger partial charge on any atom is -0.494 e. The molecule has 100 valence electrons. The van der Waals surface area contributed by atoms with Crippen LogP contribution >= 0.6 is 11.8 Å². The van der Waals surface area contributed by atoms with Gasteiger partial charge in [0.05, 0.1) is 6.61 Å². The van der Waals surface area contributed by atoms with Crippen LogP contribution in [0.4, 0.5) is 0 Å². The van der Waals surface area contributed by atoms with E-state index in [1.165, 1.54) is 24.8 Å². The van der Waals surface area contributed by atoms with Crippen molar-refractivity contribution in [2.24, 2.45) is 0 Å². The normalized spacial score (nSPS) is 23.2. The highest BCUT2D eigenvalue weighted by Gasteiger charge is 2.25. The van der Waals surface area contributed by atoms with Crippen LogP contribution < -0.4 is 10.1 Å². The molecule has 0 spiro atoms. The maximum Gasteiger partial charge on any atom is 0.119 e. The molecule has 2 unspecified atom stereocenters. The quantitative estimate of drug-likeness (QED) is 0.851. The van der Waals surface area contributed by atoms with Gasteiger partial charge in [-0.1, -0.05) is 18.6 Å². The van der Waals surface area contributed by atoms with E-state index in [2.05, 4.69) is 35.8 Å². The third kappa shape index (κ3) is 3.66. The van der Waals surface area contributed by atoms with Crippen LogP contribution in [-0.4, -0.2) is 24.2 Å². The van der Waals surface area contributed by atoms with E-state index < -0.39 is 0 Å². The Morgan fingerprint density at radius 1 is 1.28 bits per heavy atom. The van der Waals surface area contributed by atoms with Crippen LogP contribution in [0.25, 0.3) is 0 Å². The van der Waals surface area contributed by atoms with Gasteiger partial charge in [-0.15, -0.1) is 0 Å². The van der Waals surface area contributed by atoms with Crippen molar-refractivity contribution in [3.8, 4) is 5.75 Å². The molecule has 0 bridgehead atoms. The van der Waals surface area contributed by atoms with Crippen LogP contribution in [0.15, 0.2) is 24.3 Å². The molecule has 2 atom stereocenters. The lowest BCUT2D eigenvalue weighted by Crippen LogP contribution is -2.33. The number of nitrogens with one attached hydrogen (secondary N) is 1. The molecule has 2 rings (SSSR count). The van der Waals surface area contributed by atoms with Crippen molar-refractivity contribution in [1.82, 2.24) is 5.32 Å². The summed E-state index contributed by atoms with van der Waals surface area (Å²) in [6.45, 7) is 3.71. The molecule has 2 nitrogen and oxygen atoms in total. The first-order valence-electron chi connectivity index (χ1n) is 6.81. The van der Waals surface area contributed by atoms with Gasteiger partial charge in [0, 0.05) is 17.8 Å². The molecule has 0 aromatic heterocycles. The SMILES string of the molecule is CCOc1ccc(CNC2CCCC2SC)cc1. The minimum atomic E-state index is 0.687. The molecule has 18 heavy (non-hydrogen) atoms. The average molecular weight is 265 g/mol. The maximum atomic E-state index is 5.45. The molecule has 0 saturated heterocycles. The van der Waals surface area contributed by atoms with Crippen LogP contribution in [0.2, 0.25) is 0 Å². The van der Waals surface area contributed by atoms with E-state index >= 15 is 0 Å². The van der Waals surface area contributed by atoms with E-state index in [1.807, 2.05) is 18.7 Å². The Hall–Kier alpha value is -0.670. The first kappa shape index (κ1) is 13.8. The number of hydrogen-bond acceptors (Lipinski definition) is 3. The molecule has 1 aromatic rings. The van der Waals surface area contributed by atoms with E-state index in [0.717, 1.165) is 24.2 Å². The zero-order valence-corrected chi connectivity index (χ0v) is 12.1. The zero-order chi connectivity index (χ0) is 12.8. The van der Waals surface area contributed by atoms with Gasteiger partial charge in [-0.05, 0) is 43.7 Å². The van der Waals surface area contributed by atoms with Crippen LogP contribution in [0.5, 0.6) is 5.75 Å². The second-order valence-electron chi connectivity index (χ2n) is 4.77. The topological polar surface area (TPSA) is 21.3 Å². The number of hydrogen-bond donors (Lipinski definition) is 1. The Bertz CT molecular complexity index is 352. The first-order chi connectivity index (χ1) is 8.83. The van der Waals surface area contributed by atoms with Gasteiger partial charge < -0.3 is 10.1 Å². The van der Waals surface area contributed by atoms with E-state index in [1.54, 1.807) is 0 Å². The Morgan fingerprint density at radius 2 is 2.06 bits per heavy atom. The monoisotopic (exact) mass is 265 g/mol. The fraction of sp³-hybridized carbons (Fsp3) is 0.600. The van der Waals surface area contributed by atoms with Crippen LogP contribution in [0, 0.1) is 0 Å². The van der Waals surface area contributed by atoms with Crippen molar-refractivity contribution >= 4 is 11.8 Å². The molecule has 0 radical (unpaired) electrons. The highest BCUT2D eigenvalue weighted by Crippen LogP contribution is 2.28. The van der Waals surface area contributed by atoms with E-state index in [0.29, 0.717) is 6.04 Å². The lowest BCUT2D eigenvalue weighted by molar-refractivity contribution is 0.340. The van der Waals surface area contributed by atoms with Gasteiger partial charge in [0.2, 0.25) is 0 Å². The molecule has 1 aliphatic rings. The van der Waals surface area contributed by atoms with E-state index in [9.17, 15) is 0 Å². The second kappa shape index (κ2) is 7.05. The number of benzene rings is 1. The van der Waals surface area contributed by atoms with Crippen LogP contribution in [0.1, 0.15) is 31.7 Å². The molecule has 1 N–H and O–H groups in total. The molecular formula is C15H23NOS. The van der Waals surface area contributed by atoms with Crippen molar-refractivity contribution < 1.29 is 4.74 Å². The fourth-order valence-electron chi connectivity index (χ4n) is 2.56. The van der Waals surface area contributed by atoms with Crippen molar-refractivity contribution in [3.63, 3.8) is 0 Å². The average Bonchev–Trinajstić information content (AvgIpc) is 2.86. The van der Waals surface area contributed by atoms with Crippen molar-refractivity contribution in [1.29, 1.82) is 0 Å². The Morgan fingerprint density at radius 3 is 2.72 bits per heavy atom. The number of rotatable bonds is 6. The standard InChI is InChI=1S/C15H23NOS/c1-3-17-13-9-7-12(8-10-13)11-16-14-5-4-6-15(14)18-2/h7-10,14-16H,3-6,11H2,1-2H3. The predicted octanol–water partition coefficient (Wildman–Crippen LogP) is 3.46. The third-order valence-corrected chi connectivity index (χ3v) is 4.73. The molecule has 1 aliphatic carbocycles. The summed E-state index contributed by atoms with van der Waals surface area (Å²) >= 11 is 2.00. The molecule has 3 heteroatoms. The van der Waals surface area contributed by atoms with Gasteiger partial charge in [0.1, 0.15) is 5.75 Å². The molecule has 1 fully saturated rings. The summed E-state index contributed by atoms with van der Waals surface area (Å²) in [6, 6.07) is 9.11. The van der Waals surface area contributed by atoms with Crippen LogP contribution in [0.3, 0.4) is 0 Å². The molecule has 0 aliphatic heterocycles. The summed E-state index contributed by atoms with van der Waals surface area (Å²) in [4.78, 5) is 0. The first-order valence-corrected chi connectivity index (χ1v) is 8.10. The Kier molecular flexibility index (Phi) is 5.39. The Balaban J connectivity index is 1.82. The molecular weight excluding hydrogens is 242 g/mol. The minimum absolute atomic E-state index is 0.687. The second-order valence-corrected chi connectivity index (χ2v) is 5.85. The van der Waals surface area contributed by atoms with Gasteiger partial charge in [-0.3, -0.25) is 0 Å². The van der Waals surface area contributed by atoms with Crippen molar-refractivity contribution in [3.05, 3.63) is 29.8 Å². The lowest BCUT2D eigenvalue weighted by atomic mass is 10.2. The highest BCUT2D eigenvalue weighted by atomic mass is 32.2. The largest absolute Gasteiger partial charge is 0.494 e. The summed E-state index contributed by atoms with van der Waals surface area (Å²) in [6.07, 6.45) is 6.28. The highest BCUT2D eigenvalue weighted by molar-refractivity contribution is 7.99. The van der Waals surface area contributed by atoms with Crippen LogP contribution in [-0.2, 0) is 6.54 Å². The van der Waals surface area contributed by atoms with Gasteiger partial charge in [-0.25, -0.2) is 0 Å².